The van der Waals surface area contributed by atoms with Crippen LogP contribution >= 0.6 is 0 Å². The molecule has 0 radical (unpaired) electrons. The van der Waals surface area contributed by atoms with Crippen LogP contribution in [0.2, 0.25) is 0 Å². The fourth-order valence-electron chi connectivity index (χ4n) is 10.2. The number of carbonyl (C=O) groups excluding carboxylic acids is 3. The van der Waals surface area contributed by atoms with Crippen molar-refractivity contribution < 1.29 is 28.6 Å². The molecule has 0 rings (SSSR count). The van der Waals surface area contributed by atoms with E-state index in [2.05, 4.69) is 93.7 Å². The van der Waals surface area contributed by atoms with E-state index in [1.807, 2.05) is 0 Å². The van der Waals surface area contributed by atoms with E-state index in [9.17, 15) is 14.4 Å². The van der Waals surface area contributed by atoms with Gasteiger partial charge in [0.25, 0.3) is 0 Å². The number of allylic oxidation sites excluding steroid dienone is 12. The number of ether oxygens (including phenoxy) is 3. The quantitative estimate of drug-likeness (QED) is 0.0261. The normalized spacial score (nSPS) is 12.5. The lowest BCUT2D eigenvalue weighted by Gasteiger charge is -2.18. The van der Waals surface area contributed by atoms with Gasteiger partial charge in [-0.05, 0) is 89.9 Å². The molecule has 0 saturated carbocycles. The molecule has 0 saturated heterocycles. The molecule has 464 valence electrons. The Kier molecular flexibility index (Phi) is 65.7. The Labute approximate surface area is 497 Å². The summed E-state index contributed by atoms with van der Waals surface area (Å²) in [5, 5.41) is 0. The zero-order valence-corrected chi connectivity index (χ0v) is 53.3. The Morgan fingerprint density at radius 3 is 0.787 bits per heavy atom. The maximum absolute atomic E-state index is 12.9. The molecule has 0 aliphatic carbocycles. The standard InChI is InChI=1S/C74H132O6/c1-4-7-10-13-16-19-22-24-26-28-30-31-32-33-34-35-36-37-38-39-40-41-42-43-45-46-48-50-52-55-58-61-64-67-73(76)79-70-71(69-78-72(75)66-63-60-57-54-21-18-15-12-9-6-3)80-74(77)68-65-62-59-56-53-51-49-47-44-29-27-25-23-20-17-14-11-8-5-2/h8,11,17,20,25,27-28,30,44,47,51,53,71H,4-7,9-10,12-16,18-19,21-24,26,29,31-43,45-46,48-50,52,54-70H2,1-3H3/b11-8-,20-17-,27-25-,30-28-,47-44-,53-51-. The van der Waals surface area contributed by atoms with Gasteiger partial charge in [-0.2, -0.15) is 0 Å². The van der Waals surface area contributed by atoms with E-state index >= 15 is 0 Å². The third kappa shape index (κ3) is 65.7. The van der Waals surface area contributed by atoms with Crippen LogP contribution in [0, 0.1) is 0 Å². The van der Waals surface area contributed by atoms with Crippen LogP contribution in [0.15, 0.2) is 72.9 Å². The molecule has 0 aromatic carbocycles. The minimum atomic E-state index is -0.791. The van der Waals surface area contributed by atoms with Gasteiger partial charge in [0.05, 0.1) is 0 Å². The second kappa shape index (κ2) is 68.3. The molecule has 1 atom stereocenters. The van der Waals surface area contributed by atoms with Crippen LogP contribution in [0.5, 0.6) is 0 Å². The second-order valence-corrected chi connectivity index (χ2v) is 23.4. The fourth-order valence-corrected chi connectivity index (χ4v) is 10.2. The Morgan fingerprint density at radius 2 is 0.487 bits per heavy atom. The molecule has 0 N–H and O–H groups in total. The van der Waals surface area contributed by atoms with Crippen molar-refractivity contribution in [3.63, 3.8) is 0 Å². The van der Waals surface area contributed by atoms with E-state index in [1.165, 1.54) is 225 Å². The van der Waals surface area contributed by atoms with E-state index < -0.39 is 6.10 Å². The molecule has 1 unspecified atom stereocenters. The van der Waals surface area contributed by atoms with Crippen LogP contribution in [-0.4, -0.2) is 37.2 Å². The molecule has 6 nitrogen and oxygen atoms in total. The van der Waals surface area contributed by atoms with Crippen molar-refractivity contribution >= 4 is 17.9 Å². The average molecular weight is 1120 g/mol. The third-order valence-electron chi connectivity index (χ3n) is 15.4. The van der Waals surface area contributed by atoms with Gasteiger partial charge in [-0.1, -0.05) is 325 Å². The van der Waals surface area contributed by atoms with Crippen LogP contribution < -0.4 is 0 Å². The van der Waals surface area contributed by atoms with Crippen molar-refractivity contribution in [2.24, 2.45) is 0 Å². The number of rotatable bonds is 64. The largest absolute Gasteiger partial charge is 0.462 e. The molecule has 0 amide bonds. The number of hydrogen-bond acceptors (Lipinski definition) is 6. The number of hydrogen-bond donors (Lipinski definition) is 0. The molecule has 0 spiro atoms. The first-order chi connectivity index (χ1) is 39.5. The summed E-state index contributed by atoms with van der Waals surface area (Å²) in [6.45, 7) is 6.53. The Balaban J connectivity index is 4.11. The zero-order valence-electron chi connectivity index (χ0n) is 53.3. The van der Waals surface area contributed by atoms with Gasteiger partial charge in [0.2, 0.25) is 0 Å². The number of unbranched alkanes of at least 4 members (excludes halogenated alkanes) is 41. The van der Waals surface area contributed by atoms with Crippen LogP contribution in [0.1, 0.15) is 361 Å². The van der Waals surface area contributed by atoms with Crippen LogP contribution in [-0.2, 0) is 28.6 Å². The number of esters is 3. The predicted octanol–water partition coefficient (Wildman–Crippen LogP) is 24.1. The summed E-state index contributed by atoms with van der Waals surface area (Å²) in [5.74, 6) is -0.902. The maximum atomic E-state index is 12.9. The smallest absolute Gasteiger partial charge is 0.306 e. The second-order valence-electron chi connectivity index (χ2n) is 23.4. The lowest BCUT2D eigenvalue weighted by molar-refractivity contribution is -0.167. The molecule has 0 aromatic rings. The zero-order chi connectivity index (χ0) is 57.8. The fraction of sp³-hybridized carbons (Fsp3) is 0.797. The summed E-state index contributed by atoms with van der Waals surface area (Å²) in [6, 6.07) is 0. The summed E-state index contributed by atoms with van der Waals surface area (Å²) in [6.07, 6.45) is 89.6. The van der Waals surface area contributed by atoms with Crippen molar-refractivity contribution in [3.05, 3.63) is 72.9 Å². The van der Waals surface area contributed by atoms with Crippen LogP contribution in [0.4, 0.5) is 0 Å². The molecule has 6 heteroatoms. The minimum absolute atomic E-state index is 0.0848. The topological polar surface area (TPSA) is 78.9 Å². The number of carbonyl (C=O) groups is 3. The van der Waals surface area contributed by atoms with E-state index in [0.717, 1.165) is 96.3 Å². The van der Waals surface area contributed by atoms with E-state index in [1.54, 1.807) is 0 Å². The first-order valence-electron chi connectivity index (χ1n) is 34.9. The molecule has 0 aromatic heterocycles. The van der Waals surface area contributed by atoms with Crippen LogP contribution in [0.3, 0.4) is 0 Å². The molecule has 0 heterocycles. The van der Waals surface area contributed by atoms with Gasteiger partial charge in [-0.3, -0.25) is 14.4 Å². The van der Waals surface area contributed by atoms with Gasteiger partial charge in [0.15, 0.2) is 6.10 Å². The van der Waals surface area contributed by atoms with Gasteiger partial charge in [-0.15, -0.1) is 0 Å². The van der Waals surface area contributed by atoms with Crippen molar-refractivity contribution in [2.45, 2.75) is 367 Å². The van der Waals surface area contributed by atoms with Crippen LogP contribution in [0.25, 0.3) is 0 Å². The molecule has 0 bridgehead atoms. The highest BCUT2D eigenvalue weighted by atomic mass is 16.6. The summed E-state index contributed by atoms with van der Waals surface area (Å²) < 4.78 is 16.9. The summed E-state index contributed by atoms with van der Waals surface area (Å²) in [7, 11) is 0. The lowest BCUT2D eigenvalue weighted by Crippen LogP contribution is -2.30. The van der Waals surface area contributed by atoms with Crippen molar-refractivity contribution in [3.8, 4) is 0 Å². The molecular weight excluding hydrogens is 985 g/mol. The average Bonchev–Trinajstić information content (AvgIpc) is 3.46. The van der Waals surface area contributed by atoms with Gasteiger partial charge < -0.3 is 14.2 Å². The van der Waals surface area contributed by atoms with E-state index in [0.29, 0.717) is 19.3 Å². The monoisotopic (exact) mass is 1120 g/mol. The first kappa shape index (κ1) is 76.9. The SMILES string of the molecule is CC/C=C\C/C=C\C/C=C\C/C=C\C/C=C\CCCCCC(=O)OC(COC(=O)CCCCCCCCCCCC)COC(=O)CCCCCCCCCCCCCCCCCCCCCCC/C=C\CCCCCCCCCC. The van der Waals surface area contributed by atoms with Crippen molar-refractivity contribution in [1.29, 1.82) is 0 Å². The first-order valence-corrected chi connectivity index (χ1v) is 34.9. The van der Waals surface area contributed by atoms with Crippen molar-refractivity contribution in [2.75, 3.05) is 13.2 Å². The predicted molar refractivity (Wildman–Crippen MR) is 348 cm³/mol. The highest BCUT2D eigenvalue weighted by Gasteiger charge is 2.19. The van der Waals surface area contributed by atoms with Gasteiger partial charge in [-0.25, -0.2) is 0 Å². The lowest BCUT2D eigenvalue weighted by atomic mass is 10.0. The minimum Gasteiger partial charge on any atom is -0.462 e. The maximum Gasteiger partial charge on any atom is 0.306 e. The Hall–Kier alpha value is -3.15. The Morgan fingerprint density at radius 1 is 0.263 bits per heavy atom. The van der Waals surface area contributed by atoms with Gasteiger partial charge in [0, 0.05) is 19.3 Å². The highest BCUT2D eigenvalue weighted by molar-refractivity contribution is 5.71. The molecule has 80 heavy (non-hydrogen) atoms. The molecule has 0 fully saturated rings. The summed E-state index contributed by atoms with van der Waals surface area (Å²) in [4.78, 5) is 38.3. The Bertz CT molecular complexity index is 1470. The van der Waals surface area contributed by atoms with Gasteiger partial charge in [0.1, 0.15) is 13.2 Å². The van der Waals surface area contributed by atoms with Gasteiger partial charge >= 0.3 is 17.9 Å². The highest BCUT2D eigenvalue weighted by Crippen LogP contribution is 2.18. The van der Waals surface area contributed by atoms with E-state index in [-0.39, 0.29) is 31.1 Å². The summed E-state index contributed by atoms with van der Waals surface area (Å²) >= 11 is 0. The van der Waals surface area contributed by atoms with E-state index in [4.69, 9.17) is 14.2 Å². The summed E-state index contributed by atoms with van der Waals surface area (Å²) in [5.41, 5.74) is 0. The molecule has 0 aliphatic rings. The third-order valence-corrected chi connectivity index (χ3v) is 15.4. The van der Waals surface area contributed by atoms with Crippen molar-refractivity contribution in [1.82, 2.24) is 0 Å². The molecule has 0 aliphatic heterocycles. The molecular formula is C74H132O6.